The van der Waals surface area contributed by atoms with Crippen LogP contribution in [0.3, 0.4) is 0 Å². The highest BCUT2D eigenvalue weighted by molar-refractivity contribution is 7.98. The van der Waals surface area contributed by atoms with Gasteiger partial charge in [0.15, 0.2) is 0 Å². The van der Waals surface area contributed by atoms with Crippen molar-refractivity contribution in [3.05, 3.63) is 78.4 Å². The molecule has 3 aromatic carbocycles. The number of methoxy groups -OCH3 is 1. The fraction of sp³-hybridized carbons (Fsp3) is 0.355. The van der Waals surface area contributed by atoms with Crippen LogP contribution in [0.25, 0.3) is 0 Å². The second-order valence-corrected chi connectivity index (χ2v) is 12.5. The number of nitrogens with one attached hydrogen (secondary N) is 1. The molecular formula is C31H39N3O6S2. The van der Waals surface area contributed by atoms with E-state index in [4.69, 9.17) is 9.47 Å². The maximum Gasteiger partial charge on any atom is 0.264 e. The number of thioether (sulfide) groups is 1. The quantitative estimate of drug-likeness (QED) is 0.257. The van der Waals surface area contributed by atoms with E-state index < -0.39 is 28.5 Å². The van der Waals surface area contributed by atoms with Crippen molar-refractivity contribution in [1.29, 1.82) is 0 Å². The van der Waals surface area contributed by atoms with Gasteiger partial charge in [-0.2, -0.15) is 0 Å². The number of sulfonamides is 1. The Kier molecular flexibility index (Phi) is 11.7. The second kappa shape index (κ2) is 15.0. The summed E-state index contributed by atoms with van der Waals surface area (Å²) < 4.78 is 40.3. The lowest BCUT2D eigenvalue weighted by Gasteiger charge is -2.32. The van der Waals surface area contributed by atoms with E-state index in [9.17, 15) is 18.0 Å². The first-order chi connectivity index (χ1) is 20.0. The van der Waals surface area contributed by atoms with Gasteiger partial charge < -0.3 is 19.7 Å². The largest absolute Gasteiger partial charge is 0.497 e. The van der Waals surface area contributed by atoms with Crippen LogP contribution in [0.4, 0.5) is 5.69 Å². The lowest BCUT2D eigenvalue weighted by Crippen LogP contribution is -2.52. The number of ether oxygens (including phenoxy) is 2. The molecule has 0 aliphatic rings. The molecule has 1 N–H and O–H groups in total. The number of hydrogen-bond acceptors (Lipinski definition) is 7. The van der Waals surface area contributed by atoms with Crippen LogP contribution in [0.1, 0.15) is 33.3 Å². The molecule has 0 fully saturated rings. The second-order valence-electron chi connectivity index (χ2n) is 9.80. The molecule has 3 aromatic rings. The van der Waals surface area contributed by atoms with Crippen LogP contribution in [0.2, 0.25) is 0 Å². The SMILES string of the molecule is CCOc1ccccc1N(CC(=O)N(Cc1ccc(OC)cc1)[C@@H](C)C(=O)NC(C)C)S(=O)(=O)c1ccc(SC)cc1. The molecule has 0 aliphatic carbocycles. The average Bonchev–Trinajstić information content (AvgIpc) is 2.98. The van der Waals surface area contributed by atoms with E-state index >= 15 is 0 Å². The van der Waals surface area contributed by atoms with Crippen molar-refractivity contribution in [2.75, 3.05) is 30.8 Å². The highest BCUT2D eigenvalue weighted by Gasteiger charge is 2.34. The maximum atomic E-state index is 14.1. The zero-order valence-electron chi connectivity index (χ0n) is 24.9. The van der Waals surface area contributed by atoms with Crippen molar-refractivity contribution in [2.24, 2.45) is 0 Å². The van der Waals surface area contributed by atoms with Gasteiger partial charge in [-0.1, -0.05) is 24.3 Å². The minimum absolute atomic E-state index is 0.0340. The number of hydrogen-bond donors (Lipinski definition) is 1. The van der Waals surface area contributed by atoms with Gasteiger partial charge in [0.2, 0.25) is 11.8 Å². The molecule has 9 nitrogen and oxygen atoms in total. The van der Waals surface area contributed by atoms with Crippen LogP contribution in [0.15, 0.2) is 82.6 Å². The number of benzene rings is 3. The summed E-state index contributed by atoms with van der Waals surface area (Å²) in [6.07, 6.45) is 1.90. The number of amides is 2. The van der Waals surface area contributed by atoms with Gasteiger partial charge in [-0.15, -0.1) is 11.8 Å². The zero-order chi connectivity index (χ0) is 30.9. The van der Waals surface area contributed by atoms with E-state index in [0.717, 1.165) is 14.8 Å². The highest BCUT2D eigenvalue weighted by Crippen LogP contribution is 2.33. The van der Waals surface area contributed by atoms with Crippen molar-refractivity contribution in [2.45, 2.75) is 56.1 Å². The average molecular weight is 614 g/mol. The first-order valence-electron chi connectivity index (χ1n) is 13.6. The van der Waals surface area contributed by atoms with E-state index in [1.165, 1.54) is 28.8 Å². The molecule has 0 spiro atoms. The van der Waals surface area contributed by atoms with Crippen molar-refractivity contribution in [1.82, 2.24) is 10.2 Å². The topological polar surface area (TPSA) is 105 Å². The predicted octanol–water partition coefficient (Wildman–Crippen LogP) is 4.95. The summed E-state index contributed by atoms with van der Waals surface area (Å²) >= 11 is 1.49. The summed E-state index contributed by atoms with van der Waals surface area (Å²) in [5.41, 5.74) is 0.982. The molecule has 2 amide bonds. The number of carbonyl (C=O) groups is 2. The number of carbonyl (C=O) groups excluding carboxylic acids is 2. The molecule has 1 atom stereocenters. The Hall–Kier alpha value is -3.70. The van der Waals surface area contributed by atoms with Gasteiger partial charge in [0.1, 0.15) is 24.1 Å². The number of anilines is 1. The van der Waals surface area contributed by atoms with Crippen molar-refractivity contribution in [3.8, 4) is 11.5 Å². The van der Waals surface area contributed by atoms with Gasteiger partial charge in [-0.05, 0) is 88.0 Å². The zero-order valence-corrected chi connectivity index (χ0v) is 26.5. The first kappa shape index (κ1) is 32.8. The third kappa shape index (κ3) is 8.19. The summed E-state index contributed by atoms with van der Waals surface area (Å²) in [6, 6.07) is 19.3. The number of para-hydroxylation sites is 2. The molecule has 11 heteroatoms. The summed E-state index contributed by atoms with van der Waals surface area (Å²) in [5.74, 6) is 0.0837. The molecule has 0 heterocycles. The van der Waals surface area contributed by atoms with E-state index in [2.05, 4.69) is 5.32 Å². The van der Waals surface area contributed by atoms with E-state index in [1.54, 1.807) is 81.6 Å². The summed E-state index contributed by atoms with van der Waals surface area (Å²) in [5, 5.41) is 2.85. The van der Waals surface area contributed by atoms with Crippen LogP contribution < -0.4 is 19.1 Å². The molecule has 226 valence electrons. The third-order valence-electron chi connectivity index (χ3n) is 6.47. The molecule has 0 saturated carbocycles. The summed E-state index contributed by atoms with van der Waals surface area (Å²) in [4.78, 5) is 29.5. The standard InChI is InChI=1S/C31H39N3O6S2/c1-7-40-29-11-9-8-10-28(29)34(42(37,38)27-18-16-26(41-6)17-19-27)21-30(35)33(23(4)31(36)32-22(2)3)20-24-12-14-25(39-5)15-13-24/h8-19,22-23H,7,20-21H2,1-6H3,(H,32,36)/t23-/m0/s1. The van der Waals surface area contributed by atoms with E-state index in [1.807, 2.05) is 20.1 Å². The van der Waals surface area contributed by atoms with Crippen molar-refractivity contribution >= 4 is 39.3 Å². The summed E-state index contributed by atoms with van der Waals surface area (Å²) in [7, 11) is -2.65. The third-order valence-corrected chi connectivity index (χ3v) is 8.99. The first-order valence-corrected chi connectivity index (χ1v) is 16.3. The van der Waals surface area contributed by atoms with Crippen LogP contribution >= 0.6 is 11.8 Å². The molecule has 0 aliphatic heterocycles. The highest BCUT2D eigenvalue weighted by atomic mass is 32.2. The van der Waals surface area contributed by atoms with Gasteiger partial charge in [0.05, 0.1) is 24.3 Å². The lowest BCUT2D eigenvalue weighted by atomic mass is 10.1. The molecule has 0 unspecified atom stereocenters. The van der Waals surface area contributed by atoms with Crippen LogP contribution in [0.5, 0.6) is 11.5 Å². The Morgan fingerprint density at radius 2 is 1.60 bits per heavy atom. The smallest absolute Gasteiger partial charge is 0.264 e. The van der Waals surface area contributed by atoms with Gasteiger partial charge >= 0.3 is 0 Å². The molecule has 3 rings (SSSR count). The molecule has 0 bridgehead atoms. The Morgan fingerprint density at radius 3 is 2.17 bits per heavy atom. The molecule has 42 heavy (non-hydrogen) atoms. The summed E-state index contributed by atoms with van der Waals surface area (Å²) in [6.45, 7) is 6.94. The fourth-order valence-corrected chi connectivity index (χ4v) is 6.08. The number of rotatable bonds is 14. The van der Waals surface area contributed by atoms with Gasteiger partial charge in [-0.25, -0.2) is 8.42 Å². The monoisotopic (exact) mass is 613 g/mol. The Labute approximate surface area is 253 Å². The fourth-order valence-electron chi connectivity index (χ4n) is 4.24. The minimum atomic E-state index is -4.22. The van der Waals surface area contributed by atoms with E-state index in [-0.39, 0.29) is 29.1 Å². The van der Waals surface area contributed by atoms with Crippen LogP contribution in [-0.4, -0.2) is 63.7 Å². The molecule has 0 saturated heterocycles. The van der Waals surface area contributed by atoms with Gasteiger partial charge in [0.25, 0.3) is 10.0 Å². The Morgan fingerprint density at radius 1 is 0.952 bits per heavy atom. The van der Waals surface area contributed by atoms with Crippen molar-refractivity contribution in [3.63, 3.8) is 0 Å². The van der Waals surface area contributed by atoms with E-state index in [0.29, 0.717) is 18.1 Å². The normalized spacial score (nSPS) is 12.0. The molecular weight excluding hydrogens is 574 g/mol. The Bertz CT molecular complexity index is 1440. The molecule has 0 aromatic heterocycles. The molecule has 0 radical (unpaired) electrons. The minimum Gasteiger partial charge on any atom is -0.497 e. The van der Waals surface area contributed by atoms with Crippen LogP contribution in [-0.2, 0) is 26.2 Å². The predicted molar refractivity (Wildman–Crippen MR) is 167 cm³/mol. The van der Waals surface area contributed by atoms with Gasteiger partial charge in [0, 0.05) is 17.5 Å². The Balaban J connectivity index is 2.08. The van der Waals surface area contributed by atoms with Crippen LogP contribution in [0, 0.1) is 0 Å². The maximum absolute atomic E-state index is 14.1. The number of nitrogens with zero attached hydrogens (tertiary/aromatic N) is 2. The van der Waals surface area contributed by atoms with Gasteiger partial charge in [-0.3, -0.25) is 13.9 Å². The van der Waals surface area contributed by atoms with Crippen molar-refractivity contribution < 1.29 is 27.5 Å². The lowest BCUT2D eigenvalue weighted by molar-refractivity contribution is -0.139.